The quantitative estimate of drug-likeness (QED) is 0.697. The predicted octanol–water partition coefficient (Wildman–Crippen LogP) is 5.62. The SMILES string of the molecule is CCC(C)(C)NCc1cc(Cl)ccc1OCc1ccccc1.Cl. The number of benzene rings is 2. The second-order valence-electron chi connectivity index (χ2n) is 6.12. The van der Waals surface area contributed by atoms with E-state index in [1.165, 1.54) is 0 Å². The Morgan fingerprint density at radius 2 is 1.78 bits per heavy atom. The van der Waals surface area contributed by atoms with Gasteiger partial charge in [0, 0.05) is 22.7 Å². The van der Waals surface area contributed by atoms with Crippen LogP contribution in [0.3, 0.4) is 0 Å². The fourth-order valence-electron chi connectivity index (χ4n) is 2.02. The van der Waals surface area contributed by atoms with Crippen LogP contribution >= 0.6 is 24.0 Å². The van der Waals surface area contributed by atoms with Crippen molar-refractivity contribution in [3.8, 4) is 5.75 Å². The fourth-order valence-corrected chi connectivity index (χ4v) is 2.22. The Hall–Kier alpha value is -1.22. The Morgan fingerprint density at radius 3 is 2.43 bits per heavy atom. The summed E-state index contributed by atoms with van der Waals surface area (Å²) in [4.78, 5) is 0. The summed E-state index contributed by atoms with van der Waals surface area (Å²) in [6, 6.07) is 16.0. The largest absolute Gasteiger partial charge is 0.489 e. The van der Waals surface area contributed by atoms with Crippen molar-refractivity contribution < 1.29 is 4.74 Å². The van der Waals surface area contributed by atoms with Gasteiger partial charge in [0.1, 0.15) is 12.4 Å². The summed E-state index contributed by atoms with van der Waals surface area (Å²) in [5.41, 5.74) is 2.34. The van der Waals surface area contributed by atoms with E-state index in [4.69, 9.17) is 16.3 Å². The third kappa shape index (κ3) is 6.42. The molecule has 1 N–H and O–H groups in total. The van der Waals surface area contributed by atoms with Crippen LogP contribution in [0.15, 0.2) is 48.5 Å². The van der Waals surface area contributed by atoms with Gasteiger partial charge in [-0.1, -0.05) is 48.9 Å². The third-order valence-electron chi connectivity index (χ3n) is 3.90. The van der Waals surface area contributed by atoms with Crippen LogP contribution in [-0.4, -0.2) is 5.54 Å². The normalized spacial score (nSPS) is 11.0. The van der Waals surface area contributed by atoms with Gasteiger partial charge in [0.25, 0.3) is 0 Å². The predicted molar refractivity (Wildman–Crippen MR) is 101 cm³/mol. The van der Waals surface area contributed by atoms with Crippen molar-refractivity contribution in [2.75, 3.05) is 0 Å². The van der Waals surface area contributed by atoms with E-state index in [2.05, 4.69) is 38.2 Å². The Balaban J connectivity index is 0.00000264. The molecule has 0 bridgehead atoms. The lowest BCUT2D eigenvalue weighted by atomic mass is 10.0. The van der Waals surface area contributed by atoms with Crippen molar-refractivity contribution in [1.82, 2.24) is 5.32 Å². The number of hydrogen-bond acceptors (Lipinski definition) is 2. The summed E-state index contributed by atoms with van der Waals surface area (Å²) in [5, 5.41) is 4.29. The van der Waals surface area contributed by atoms with Crippen LogP contribution in [-0.2, 0) is 13.2 Å². The first-order valence-corrected chi connectivity index (χ1v) is 8.08. The molecule has 0 radical (unpaired) electrons. The molecule has 4 heteroatoms. The minimum atomic E-state index is 0. The standard InChI is InChI=1S/C19H24ClNO.ClH/c1-4-19(2,3)21-13-16-12-17(20)10-11-18(16)22-14-15-8-6-5-7-9-15;/h5-12,21H,4,13-14H2,1-3H3;1H. The molecule has 2 rings (SSSR count). The average molecular weight is 354 g/mol. The monoisotopic (exact) mass is 353 g/mol. The van der Waals surface area contributed by atoms with Crippen molar-refractivity contribution in [3.05, 3.63) is 64.7 Å². The van der Waals surface area contributed by atoms with Crippen molar-refractivity contribution in [2.24, 2.45) is 0 Å². The van der Waals surface area contributed by atoms with Crippen LogP contribution in [0.2, 0.25) is 5.02 Å². The zero-order valence-corrected chi connectivity index (χ0v) is 15.5. The van der Waals surface area contributed by atoms with Crippen LogP contribution in [0.4, 0.5) is 0 Å². The van der Waals surface area contributed by atoms with E-state index < -0.39 is 0 Å². The molecule has 126 valence electrons. The summed E-state index contributed by atoms with van der Waals surface area (Å²) in [6.07, 6.45) is 1.06. The van der Waals surface area contributed by atoms with Crippen molar-refractivity contribution in [2.45, 2.75) is 45.9 Å². The number of halogens is 2. The molecule has 0 fully saturated rings. The number of rotatable bonds is 7. The highest BCUT2D eigenvalue weighted by Crippen LogP contribution is 2.24. The fraction of sp³-hybridized carbons (Fsp3) is 0.368. The molecular weight excluding hydrogens is 329 g/mol. The second-order valence-corrected chi connectivity index (χ2v) is 6.55. The van der Waals surface area contributed by atoms with E-state index >= 15 is 0 Å². The molecule has 0 unspecified atom stereocenters. The molecule has 0 heterocycles. The van der Waals surface area contributed by atoms with Crippen LogP contribution < -0.4 is 10.1 Å². The first kappa shape index (κ1) is 19.8. The smallest absolute Gasteiger partial charge is 0.124 e. The maximum atomic E-state index is 6.13. The molecule has 23 heavy (non-hydrogen) atoms. The number of ether oxygens (including phenoxy) is 1. The average Bonchev–Trinajstić information content (AvgIpc) is 2.53. The first-order valence-electron chi connectivity index (χ1n) is 7.70. The summed E-state index contributed by atoms with van der Waals surface area (Å²) in [7, 11) is 0. The van der Waals surface area contributed by atoms with Crippen LogP contribution in [0, 0.1) is 0 Å². The molecule has 0 aliphatic carbocycles. The van der Waals surface area contributed by atoms with Crippen LogP contribution in [0.5, 0.6) is 5.75 Å². The minimum absolute atomic E-state index is 0. The van der Waals surface area contributed by atoms with Gasteiger partial charge >= 0.3 is 0 Å². The molecule has 0 aliphatic heterocycles. The summed E-state index contributed by atoms with van der Waals surface area (Å²) in [5.74, 6) is 0.882. The molecule has 2 nitrogen and oxygen atoms in total. The van der Waals surface area contributed by atoms with E-state index in [1.54, 1.807) is 0 Å². The van der Waals surface area contributed by atoms with Gasteiger partial charge in [-0.05, 0) is 44.0 Å². The summed E-state index contributed by atoms with van der Waals surface area (Å²) in [6.45, 7) is 7.88. The maximum absolute atomic E-state index is 6.13. The van der Waals surface area contributed by atoms with Gasteiger partial charge in [0.05, 0.1) is 0 Å². The second kappa shape index (κ2) is 9.17. The molecule has 0 amide bonds. The van der Waals surface area contributed by atoms with E-state index in [0.29, 0.717) is 6.61 Å². The zero-order chi connectivity index (χ0) is 16.0. The van der Waals surface area contributed by atoms with Gasteiger partial charge in [-0.25, -0.2) is 0 Å². The van der Waals surface area contributed by atoms with Crippen molar-refractivity contribution in [3.63, 3.8) is 0 Å². The van der Waals surface area contributed by atoms with E-state index in [1.807, 2.05) is 36.4 Å². The third-order valence-corrected chi connectivity index (χ3v) is 4.14. The molecule has 0 aromatic heterocycles. The van der Waals surface area contributed by atoms with Gasteiger partial charge in [0.15, 0.2) is 0 Å². The molecule has 0 atom stereocenters. The van der Waals surface area contributed by atoms with Crippen molar-refractivity contribution in [1.29, 1.82) is 0 Å². The summed E-state index contributed by atoms with van der Waals surface area (Å²) >= 11 is 6.13. The Morgan fingerprint density at radius 1 is 1.09 bits per heavy atom. The lowest BCUT2D eigenvalue weighted by Gasteiger charge is -2.25. The molecule has 2 aromatic rings. The molecule has 0 spiro atoms. The van der Waals surface area contributed by atoms with Crippen LogP contribution in [0.1, 0.15) is 38.3 Å². The Kier molecular flexibility index (Phi) is 7.90. The number of hydrogen-bond donors (Lipinski definition) is 1. The molecule has 0 saturated carbocycles. The minimum Gasteiger partial charge on any atom is -0.489 e. The number of nitrogens with one attached hydrogen (secondary N) is 1. The van der Waals surface area contributed by atoms with Gasteiger partial charge in [-0.15, -0.1) is 12.4 Å². The molecule has 0 aliphatic rings. The van der Waals surface area contributed by atoms with Gasteiger partial charge in [0.2, 0.25) is 0 Å². The highest BCUT2D eigenvalue weighted by Gasteiger charge is 2.15. The molecule has 0 saturated heterocycles. The summed E-state index contributed by atoms with van der Waals surface area (Å²) < 4.78 is 5.98. The first-order chi connectivity index (χ1) is 10.5. The molecular formula is C19H25Cl2NO. The highest BCUT2D eigenvalue weighted by atomic mass is 35.5. The van der Waals surface area contributed by atoms with E-state index in [-0.39, 0.29) is 17.9 Å². The molecule has 2 aromatic carbocycles. The topological polar surface area (TPSA) is 21.3 Å². The Bertz CT molecular complexity index is 600. The van der Waals surface area contributed by atoms with Crippen molar-refractivity contribution >= 4 is 24.0 Å². The van der Waals surface area contributed by atoms with E-state index in [9.17, 15) is 0 Å². The Labute approximate surface area is 150 Å². The van der Waals surface area contributed by atoms with Gasteiger partial charge in [-0.2, -0.15) is 0 Å². The van der Waals surface area contributed by atoms with Crippen LogP contribution in [0.25, 0.3) is 0 Å². The van der Waals surface area contributed by atoms with Gasteiger partial charge in [-0.3, -0.25) is 0 Å². The zero-order valence-electron chi connectivity index (χ0n) is 13.9. The highest BCUT2D eigenvalue weighted by molar-refractivity contribution is 6.30. The lowest BCUT2D eigenvalue weighted by Crippen LogP contribution is -2.37. The van der Waals surface area contributed by atoms with Gasteiger partial charge < -0.3 is 10.1 Å². The van der Waals surface area contributed by atoms with E-state index in [0.717, 1.165) is 34.9 Å². The lowest BCUT2D eigenvalue weighted by molar-refractivity contribution is 0.298. The maximum Gasteiger partial charge on any atom is 0.124 e.